The molecule has 0 saturated heterocycles. The van der Waals surface area contributed by atoms with Gasteiger partial charge in [0.2, 0.25) is 5.91 Å². The number of hydrogen-bond donors (Lipinski definition) is 2. The number of hydrogen-bond acceptors (Lipinski definition) is 2. The minimum atomic E-state index is -0.409. The second-order valence-corrected chi connectivity index (χ2v) is 5.84. The number of carbonyl (C=O) groups excluding carboxylic acids is 1. The van der Waals surface area contributed by atoms with E-state index in [1.807, 2.05) is 31.2 Å². The molecule has 1 atom stereocenters. The first kappa shape index (κ1) is 17.4. The highest BCUT2D eigenvalue weighted by Crippen LogP contribution is 2.29. The molecular formula is C18H20ClFN2O. The molecule has 0 fully saturated rings. The Hall–Kier alpha value is -1.91. The van der Waals surface area contributed by atoms with Gasteiger partial charge in [0.1, 0.15) is 5.82 Å². The number of halogens is 2. The van der Waals surface area contributed by atoms with Crippen LogP contribution in [0.15, 0.2) is 42.5 Å². The van der Waals surface area contributed by atoms with Crippen LogP contribution in [0.25, 0.3) is 0 Å². The van der Waals surface area contributed by atoms with Crippen molar-refractivity contribution in [2.45, 2.75) is 19.4 Å². The van der Waals surface area contributed by atoms with E-state index < -0.39 is 11.9 Å². The van der Waals surface area contributed by atoms with Gasteiger partial charge in [-0.25, -0.2) is 4.39 Å². The van der Waals surface area contributed by atoms with Crippen molar-refractivity contribution in [2.24, 2.45) is 0 Å². The van der Waals surface area contributed by atoms with Gasteiger partial charge in [-0.2, -0.15) is 0 Å². The quantitative estimate of drug-likeness (QED) is 0.847. The molecule has 0 heterocycles. The summed E-state index contributed by atoms with van der Waals surface area (Å²) in [5.74, 6) is -0.492. The fraction of sp³-hybridized carbons (Fsp3) is 0.278. The van der Waals surface area contributed by atoms with Gasteiger partial charge in [0.25, 0.3) is 0 Å². The van der Waals surface area contributed by atoms with Crippen LogP contribution >= 0.6 is 11.6 Å². The summed E-state index contributed by atoms with van der Waals surface area (Å²) in [6, 6.07) is 11.6. The van der Waals surface area contributed by atoms with Crippen LogP contribution in [0.4, 0.5) is 4.39 Å². The van der Waals surface area contributed by atoms with Crippen LogP contribution < -0.4 is 10.6 Å². The molecule has 122 valence electrons. The maximum atomic E-state index is 13.3. The van der Waals surface area contributed by atoms with Gasteiger partial charge in [0, 0.05) is 18.0 Å². The van der Waals surface area contributed by atoms with Gasteiger partial charge in [-0.05, 0) is 37.2 Å². The standard InChI is InChI=1S/C18H20ClFN2O/c1-12-3-5-13(6-4-12)18(22-17(23)9-10-21-2)15-8-7-14(20)11-16(15)19/h3-8,11,18,21H,9-10H2,1-2H3,(H,22,23). The van der Waals surface area contributed by atoms with Crippen LogP contribution in [0.2, 0.25) is 5.02 Å². The number of nitrogens with one attached hydrogen (secondary N) is 2. The highest BCUT2D eigenvalue weighted by Gasteiger charge is 2.19. The molecule has 2 aromatic carbocycles. The lowest BCUT2D eigenvalue weighted by Gasteiger charge is -2.21. The van der Waals surface area contributed by atoms with Crippen molar-refractivity contribution in [1.29, 1.82) is 0 Å². The number of amides is 1. The lowest BCUT2D eigenvalue weighted by atomic mass is 9.97. The number of benzene rings is 2. The predicted molar refractivity (Wildman–Crippen MR) is 91.1 cm³/mol. The summed E-state index contributed by atoms with van der Waals surface area (Å²) in [5, 5.41) is 6.22. The summed E-state index contributed by atoms with van der Waals surface area (Å²) in [6.07, 6.45) is 0.359. The van der Waals surface area contributed by atoms with Gasteiger partial charge in [-0.1, -0.05) is 47.5 Å². The molecule has 5 heteroatoms. The zero-order valence-electron chi connectivity index (χ0n) is 13.2. The normalized spacial score (nSPS) is 12.0. The molecule has 0 aliphatic carbocycles. The van der Waals surface area contributed by atoms with E-state index in [4.69, 9.17) is 11.6 Å². The fourth-order valence-corrected chi connectivity index (χ4v) is 2.58. The van der Waals surface area contributed by atoms with Crippen LogP contribution in [0.5, 0.6) is 0 Å². The topological polar surface area (TPSA) is 41.1 Å². The zero-order chi connectivity index (χ0) is 16.8. The average molecular weight is 335 g/mol. The predicted octanol–water partition coefficient (Wildman–Crippen LogP) is 3.60. The van der Waals surface area contributed by atoms with Gasteiger partial charge in [0.05, 0.1) is 6.04 Å². The molecule has 0 aliphatic rings. The van der Waals surface area contributed by atoms with E-state index in [1.54, 1.807) is 13.1 Å². The molecule has 1 unspecified atom stereocenters. The summed E-state index contributed by atoms with van der Waals surface area (Å²) in [7, 11) is 1.79. The van der Waals surface area contributed by atoms with E-state index in [-0.39, 0.29) is 5.91 Å². The smallest absolute Gasteiger partial charge is 0.222 e. The van der Waals surface area contributed by atoms with Crippen LogP contribution in [0, 0.1) is 12.7 Å². The number of rotatable bonds is 6. The molecular weight excluding hydrogens is 315 g/mol. The van der Waals surface area contributed by atoms with Crippen molar-refractivity contribution in [2.75, 3.05) is 13.6 Å². The highest BCUT2D eigenvalue weighted by atomic mass is 35.5. The van der Waals surface area contributed by atoms with Gasteiger partial charge in [-0.15, -0.1) is 0 Å². The highest BCUT2D eigenvalue weighted by molar-refractivity contribution is 6.31. The van der Waals surface area contributed by atoms with Gasteiger partial charge < -0.3 is 10.6 Å². The van der Waals surface area contributed by atoms with Crippen molar-refractivity contribution in [3.05, 3.63) is 70.0 Å². The minimum absolute atomic E-state index is 0.0923. The van der Waals surface area contributed by atoms with Crippen LogP contribution in [-0.2, 0) is 4.79 Å². The fourth-order valence-electron chi connectivity index (χ4n) is 2.31. The van der Waals surface area contributed by atoms with Crippen molar-refractivity contribution < 1.29 is 9.18 Å². The van der Waals surface area contributed by atoms with Crippen LogP contribution in [0.1, 0.15) is 29.2 Å². The van der Waals surface area contributed by atoms with Crippen molar-refractivity contribution >= 4 is 17.5 Å². The number of carbonyl (C=O) groups is 1. The summed E-state index contributed by atoms with van der Waals surface area (Å²) < 4.78 is 13.3. The molecule has 0 bridgehead atoms. The minimum Gasteiger partial charge on any atom is -0.345 e. The monoisotopic (exact) mass is 334 g/mol. The van der Waals surface area contributed by atoms with Crippen molar-refractivity contribution in [3.8, 4) is 0 Å². The van der Waals surface area contributed by atoms with E-state index in [1.165, 1.54) is 12.1 Å². The summed E-state index contributed by atoms with van der Waals surface area (Å²) in [5.41, 5.74) is 2.70. The Morgan fingerprint density at radius 1 is 1.22 bits per heavy atom. The lowest BCUT2D eigenvalue weighted by molar-refractivity contribution is -0.121. The lowest BCUT2D eigenvalue weighted by Crippen LogP contribution is -2.31. The molecule has 0 saturated carbocycles. The Balaban J connectivity index is 2.34. The van der Waals surface area contributed by atoms with E-state index in [9.17, 15) is 9.18 Å². The maximum absolute atomic E-state index is 13.3. The third-order valence-corrected chi connectivity index (χ3v) is 3.92. The Labute approximate surface area is 140 Å². The molecule has 1 amide bonds. The Morgan fingerprint density at radius 2 is 1.91 bits per heavy atom. The summed E-state index contributed by atoms with van der Waals surface area (Å²) >= 11 is 6.19. The molecule has 0 aromatic heterocycles. The molecule has 2 rings (SSSR count). The average Bonchev–Trinajstić information content (AvgIpc) is 2.52. The zero-order valence-corrected chi connectivity index (χ0v) is 14.0. The first-order chi connectivity index (χ1) is 11.0. The second kappa shape index (κ2) is 8.09. The molecule has 0 aliphatic heterocycles. The third-order valence-electron chi connectivity index (χ3n) is 3.59. The van der Waals surface area contributed by atoms with E-state index in [0.29, 0.717) is 23.6 Å². The molecule has 0 radical (unpaired) electrons. The molecule has 3 nitrogen and oxygen atoms in total. The van der Waals surface area contributed by atoms with Crippen molar-refractivity contribution in [1.82, 2.24) is 10.6 Å². The molecule has 0 spiro atoms. The van der Waals surface area contributed by atoms with E-state index >= 15 is 0 Å². The molecule has 2 aromatic rings. The molecule has 23 heavy (non-hydrogen) atoms. The summed E-state index contributed by atoms with van der Waals surface area (Å²) in [6.45, 7) is 2.58. The van der Waals surface area contributed by atoms with Crippen molar-refractivity contribution in [3.63, 3.8) is 0 Å². The SMILES string of the molecule is CNCCC(=O)NC(c1ccc(C)cc1)c1ccc(F)cc1Cl. The maximum Gasteiger partial charge on any atom is 0.222 e. The van der Waals surface area contributed by atoms with Gasteiger partial charge in [-0.3, -0.25) is 4.79 Å². The first-order valence-corrected chi connectivity index (χ1v) is 7.84. The third kappa shape index (κ3) is 4.78. The van der Waals surface area contributed by atoms with Crippen LogP contribution in [-0.4, -0.2) is 19.5 Å². The Morgan fingerprint density at radius 3 is 2.52 bits per heavy atom. The van der Waals surface area contributed by atoms with E-state index in [0.717, 1.165) is 11.1 Å². The van der Waals surface area contributed by atoms with Gasteiger partial charge >= 0.3 is 0 Å². The second-order valence-electron chi connectivity index (χ2n) is 5.43. The molecule has 2 N–H and O–H groups in total. The largest absolute Gasteiger partial charge is 0.345 e. The first-order valence-electron chi connectivity index (χ1n) is 7.46. The number of aryl methyl sites for hydroxylation is 1. The summed E-state index contributed by atoms with van der Waals surface area (Å²) in [4.78, 5) is 12.1. The Kier molecular flexibility index (Phi) is 6.13. The Bertz CT molecular complexity index is 673. The van der Waals surface area contributed by atoms with Crippen LogP contribution in [0.3, 0.4) is 0 Å². The van der Waals surface area contributed by atoms with E-state index in [2.05, 4.69) is 10.6 Å². The van der Waals surface area contributed by atoms with Gasteiger partial charge in [0.15, 0.2) is 0 Å².